The van der Waals surface area contributed by atoms with E-state index in [1.54, 1.807) is 12.1 Å². The van der Waals surface area contributed by atoms with Gasteiger partial charge >= 0.3 is 0 Å². The number of non-ortho nitro benzene ring substituents is 1. The first-order chi connectivity index (χ1) is 8.04. The highest BCUT2D eigenvalue weighted by atomic mass is 16.6. The molecule has 0 heterocycles. The molecule has 0 saturated heterocycles. The molecule has 1 rings (SSSR count). The van der Waals surface area contributed by atoms with Crippen LogP contribution >= 0.6 is 0 Å². The highest BCUT2D eigenvalue weighted by molar-refractivity contribution is 5.55. The summed E-state index contributed by atoms with van der Waals surface area (Å²) in [5.41, 5.74) is 1.99. The van der Waals surface area contributed by atoms with Crippen LogP contribution in [-0.4, -0.2) is 25.1 Å². The van der Waals surface area contributed by atoms with Crippen molar-refractivity contribution in [3.8, 4) is 0 Å². The molecular weight excluding hydrogens is 218 g/mol. The molecule has 5 heteroatoms. The van der Waals surface area contributed by atoms with Crippen LogP contribution in [0.4, 0.5) is 11.4 Å². The van der Waals surface area contributed by atoms with Crippen LogP contribution in [0.3, 0.4) is 0 Å². The molecule has 5 nitrogen and oxygen atoms in total. The van der Waals surface area contributed by atoms with Crippen LogP contribution in [0.25, 0.3) is 0 Å². The summed E-state index contributed by atoms with van der Waals surface area (Å²) in [6, 6.07) is 4.88. The molecule has 0 aliphatic rings. The van der Waals surface area contributed by atoms with E-state index in [1.165, 1.54) is 6.07 Å². The van der Waals surface area contributed by atoms with E-state index in [0.29, 0.717) is 5.92 Å². The lowest BCUT2D eigenvalue weighted by molar-refractivity contribution is -0.384. The first-order valence-electron chi connectivity index (χ1n) is 5.68. The average molecular weight is 237 g/mol. The van der Waals surface area contributed by atoms with Gasteiger partial charge in [-0.05, 0) is 38.1 Å². The van der Waals surface area contributed by atoms with Crippen LogP contribution in [0.2, 0.25) is 0 Å². The molecule has 0 amide bonds. The Morgan fingerprint density at radius 1 is 1.41 bits per heavy atom. The zero-order valence-corrected chi connectivity index (χ0v) is 10.5. The van der Waals surface area contributed by atoms with Gasteiger partial charge in [0.15, 0.2) is 0 Å². The molecular formula is C12H19N3O2. The van der Waals surface area contributed by atoms with Crippen molar-refractivity contribution in [2.24, 2.45) is 5.92 Å². The number of nitro groups is 1. The van der Waals surface area contributed by atoms with Crippen molar-refractivity contribution in [1.29, 1.82) is 0 Å². The highest BCUT2D eigenvalue weighted by Crippen LogP contribution is 2.21. The molecule has 1 unspecified atom stereocenters. The van der Waals surface area contributed by atoms with Crippen LogP contribution in [0.1, 0.15) is 12.5 Å². The maximum Gasteiger partial charge on any atom is 0.269 e. The van der Waals surface area contributed by atoms with E-state index >= 15 is 0 Å². The Morgan fingerprint density at radius 2 is 2.12 bits per heavy atom. The normalized spacial score (nSPS) is 12.2. The number of nitrogens with zero attached hydrogens (tertiary/aromatic N) is 1. The lowest BCUT2D eigenvalue weighted by Gasteiger charge is -2.14. The molecule has 0 aliphatic carbocycles. The number of nitro benzene ring substituents is 1. The van der Waals surface area contributed by atoms with Crippen LogP contribution in [-0.2, 0) is 0 Å². The predicted molar refractivity (Wildman–Crippen MR) is 69.4 cm³/mol. The second-order valence-electron chi connectivity index (χ2n) is 4.30. The Labute approximate surface area is 101 Å². The van der Waals surface area contributed by atoms with Crippen LogP contribution in [0.5, 0.6) is 0 Å². The minimum Gasteiger partial charge on any atom is -0.385 e. The first kappa shape index (κ1) is 13.4. The summed E-state index contributed by atoms with van der Waals surface area (Å²) in [6.45, 7) is 5.81. The zero-order chi connectivity index (χ0) is 12.8. The third kappa shape index (κ3) is 4.03. The molecule has 1 atom stereocenters. The summed E-state index contributed by atoms with van der Waals surface area (Å²) < 4.78 is 0. The molecule has 2 N–H and O–H groups in total. The van der Waals surface area contributed by atoms with Gasteiger partial charge in [0.05, 0.1) is 4.92 Å². The molecule has 0 radical (unpaired) electrons. The monoisotopic (exact) mass is 237 g/mol. The molecule has 1 aromatic carbocycles. The maximum absolute atomic E-state index is 10.6. The van der Waals surface area contributed by atoms with Crippen molar-refractivity contribution in [1.82, 2.24) is 5.32 Å². The smallest absolute Gasteiger partial charge is 0.269 e. The van der Waals surface area contributed by atoms with Gasteiger partial charge < -0.3 is 10.6 Å². The molecule has 0 aromatic heterocycles. The van der Waals surface area contributed by atoms with Gasteiger partial charge in [-0.2, -0.15) is 0 Å². The van der Waals surface area contributed by atoms with Crippen molar-refractivity contribution in [2.45, 2.75) is 13.8 Å². The van der Waals surface area contributed by atoms with Gasteiger partial charge in [-0.3, -0.25) is 10.1 Å². The SMILES string of the molecule is CNCC(C)CNc1ccc([N+](=O)[O-])cc1C. The molecule has 17 heavy (non-hydrogen) atoms. The summed E-state index contributed by atoms with van der Waals surface area (Å²) in [5, 5.41) is 17.0. The lowest BCUT2D eigenvalue weighted by atomic mass is 10.1. The second kappa shape index (κ2) is 6.20. The van der Waals surface area contributed by atoms with Crippen LogP contribution in [0.15, 0.2) is 18.2 Å². The Balaban J connectivity index is 2.63. The number of hydrogen-bond acceptors (Lipinski definition) is 4. The van der Waals surface area contributed by atoms with Gasteiger partial charge in [0, 0.05) is 24.4 Å². The van der Waals surface area contributed by atoms with Gasteiger partial charge in [0.2, 0.25) is 0 Å². The van der Waals surface area contributed by atoms with E-state index in [1.807, 2.05) is 14.0 Å². The van der Waals surface area contributed by atoms with E-state index in [2.05, 4.69) is 17.6 Å². The zero-order valence-electron chi connectivity index (χ0n) is 10.5. The van der Waals surface area contributed by atoms with E-state index in [9.17, 15) is 10.1 Å². The number of hydrogen-bond donors (Lipinski definition) is 2. The minimum atomic E-state index is -0.375. The fraction of sp³-hybridized carbons (Fsp3) is 0.500. The van der Waals surface area contributed by atoms with Gasteiger partial charge in [0.25, 0.3) is 5.69 Å². The molecule has 0 bridgehead atoms. The van der Waals surface area contributed by atoms with E-state index in [0.717, 1.165) is 24.3 Å². The van der Waals surface area contributed by atoms with E-state index < -0.39 is 0 Å². The first-order valence-corrected chi connectivity index (χ1v) is 5.68. The Hall–Kier alpha value is -1.62. The van der Waals surface area contributed by atoms with E-state index in [-0.39, 0.29) is 10.6 Å². The number of anilines is 1. The molecule has 0 fully saturated rings. The third-order valence-electron chi connectivity index (χ3n) is 2.61. The Bertz CT molecular complexity index is 393. The van der Waals surface area contributed by atoms with Crippen molar-refractivity contribution < 1.29 is 4.92 Å². The van der Waals surface area contributed by atoms with Gasteiger partial charge in [-0.15, -0.1) is 0 Å². The van der Waals surface area contributed by atoms with Crippen molar-refractivity contribution in [2.75, 3.05) is 25.5 Å². The number of nitrogens with one attached hydrogen (secondary N) is 2. The van der Waals surface area contributed by atoms with Gasteiger partial charge in [-0.1, -0.05) is 6.92 Å². The maximum atomic E-state index is 10.6. The minimum absolute atomic E-state index is 0.135. The van der Waals surface area contributed by atoms with Crippen molar-refractivity contribution in [3.63, 3.8) is 0 Å². The molecule has 0 spiro atoms. The average Bonchev–Trinajstić information content (AvgIpc) is 2.27. The number of rotatable bonds is 6. The summed E-state index contributed by atoms with van der Waals surface area (Å²) in [7, 11) is 1.92. The Kier molecular flexibility index (Phi) is 4.90. The van der Waals surface area contributed by atoms with E-state index in [4.69, 9.17) is 0 Å². The fourth-order valence-corrected chi connectivity index (χ4v) is 1.66. The summed E-state index contributed by atoms with van der Waals surface area (Å²) in [4.78, 5) is 10.2. The predicted octanol–water partition coefficient (Wildman–Crippen LogP) is 2.17. The Morgan fingerprint density at radius 3 is 2.65 bits per heavy atom. The number of aryl methyl sites for hydroxylation is 1. The highest BCUT2D eigenvalue weighted by Gasteiger charge is 2.08. The molecule has 1 aromatic rings. The van der Waals surface area contributed by atoms with Crippen molar-refractivity contribution in [3.05, 3.63) is 33.9 Å². The number of benzene rings is 1. The second-order valence-corrected chi connectivity index (χ2v) is 4.30. The standard InChI is InChI=1S/C12H19N3O2/c1-9(7-13-3)8-14-12-5-4-11(15(16)17)6-10(12)2/h4-6,9,13-14H,7-8H2,1-3H3. The topological polar surface area (TPSA) is 67.2 Å². The van der Waals surface area contributed by atoms with Crippen LogP contribution in [0, 0.1) is 23.0 Å². The molecule has 0 saturated carbocycles. The largest absolute Gasteiger partial charge is 0.385 e. The molecule has 0 aliphatic heterocycles. The summed E-state index contributed by atoms with van der Waals surface area (Å²) in [6.07, 6.45) is 0. The summed E-state index contributed by atoms with van der Waals surface area (Å²) >= 11 is 0. The summed E-state index contributed by atoms with van der Waals surface area (Å²) in [5.74, 6) is 0.509. The fourth-order valence-electron chi connectivity index (χ4n) is 1.66. The molecule has 94 valence electrons. The lowest BCUT2D eigenvalue weighted by Crippen LogP contribution is -2.23. The van der Waals surface area contributed by atoms with Crippen molar-refractivity contribution >= 4 is 11.4 Å². The van der Waals surface area contributed by atoms with Gasteiger partial charge in [-0.25, -0.2) is 0 Å². The quantitative estimate of drug-likeness (QED) is 0.587. The third-order valence-corrected chi connectivity index (χ3v) is 2.61. The van der Waals surface area contributed by atoms with Gasteiger partial charge in [0.1, 0.15) is 0 Å². The van der Waals surface area contributed by atoms with Crippen LogP contribution < -0.4 is 10.6 Å².